The van der Waals surface area contributed by atoms with Gasteiger partial charge >= 0.3 is 0 Å². The first-order chi connectivity index (χ1) is 10.7. The van der Waals surface area contributed by atoms with Gasteiger partial charge in [0, 0.05) is 16.3 Å². The van der Waals surface area contributed by atoms with Crippen molar-refractivity contribution in [2.24, 2.45) is 0 Å². The molecule has 0 saturated carbocycles. The zero-order valence-electron chi connectivity index (χ0n) is 13.7. The van der Waals surface area contributed by atoms with E-state index in [0.717, 1.165) is 0 Å². The van der Waals surface area contributed by atoms with E-state index in [1.807, 2.05) is 25.2 Å². The van der Waals surface area contributed by atoms with Crippen LogP contribution in [0.1, 0.15) is 24.3 Å². The Balaban J connectivity index is 0.000000847. The molecule has 0 atom stereocenters. The molecule has 2 heteroatoms. The average molecular weight is 309 g/mol. The van der Waals surface area contributed by atoms with Crippen LogP contribution in [0.15, 0.2) is 66.7 Å². The molecule has 3 rings (SSSR count). The molecule has 0 saturated heterocycles. The van der Waals surface area contributed by atoms with Gasteiger partial charge in [0.2, 0.25) is 0 Å². The first-order valence-electron chi connectivity index (χ1n) is 7.72. The lowest BCUT2D eigenvalue weighted by Gasteiger charge is -2.23. The van der Waals surface area contributed by atoms with E-state index in [1.165, 1.54) is 26.8 Å². The zero-order valence-corrected chi connectivity index (χ0v) is 14.5. The molecule has 0 aliphatic carbocycles. The Labute approximate surface area is 137 Å². The molecule has 0 aliphatic heterocycles. The number of para-hydroxylation sites is 1. The van der Waals surface area contributed by atoms with Crippen LogP contribution in [0.5, 0.6) is 0 Å². The summed E-state index contributed by atoms with van der Waals surface area (Å²) in [6.07, 6.45) is 0. The van der Waals surface area contributed by atoms with Crippen molar-refractivity contribution in [3.63, 3.8) is 0 Å². The van der Waals surface area contributed by atoms with Gasteiger partial charge in [-0.1, -0.05) is 49.7 Å². The van der Waals surface area contributed by atoms with Gasteiger partial charge in [-0.25, -0.2) is 0 Å². The predicted octanol–water partition coefficient (Wildman–Crippen LogP) is 6.86. The lowest BCUT2D eigenvalue weighted by atomic mass is 10.2. The Morgan fingerprint density at radius 2 is 1.27 bits per heavy atom. The third kappa shape index (κ3) is 3.77. The lowest BCUT2D eigenvalue weighted by molar-refractivity contribution is 1.30. The zero-order chi connectivity index (χ0) is 15.9. The monoisotopic (exact) mass is 309 g/mol. The van der Waals surface area contributed by atoms with Gasteiger partial charge in [-0.05, 0) is 50.2 Å². The van der Waals surface area contributed by atoms with Crippen molar-refractivity contribution >= 4 is 27.7 Å². The number of nitrogens with zero attached hydrogens (tertiary/aromatic N) is 1. The SMILES string of the molecule is CC.Cc1ccc(N(c2ccccc2)c2ccc(C)s2)cc1. The van der Waals surface area contributed by atoms with Gasteiger partial charge in [-0.2, -0.15) is 0 Å². The molecular weight excluding hydrogens is 286 g/mol. The van der Waals surface area contributed by atoms with Crippen LogP contribution in [0.4, 0.5) is 16.4 Å². The highest BCUT2D eigenvalue weighted by Gasteiger charge is 2.13. The minimum absolute atomic E-state index is 1.19. The quantitative estimate of drug-likeness (QED) is 0.510. The van der Waals surface area contributed by atoms with Crippen LogP contribution in [-0.2, 0) is 0 Å². The fourth-order valence-electron chi connectivity index (χ4n) is 2.22. The molecule has 3 aromatic rings. The van der Waals surface area contributed by atoms with Crippen LogP contribution >= 0.6 is 11.3 Å². The maximum absolute atomic E-state index is 2.30. The van der Waals surface area contributed by atoms with Crippen LogP contribution in [0, 0.1) is 13.8 Å². The number of hydrogen-bond donors (Lipinski definition) is 0. The molecule has 0 N–H and O–H groups in total. The van der Waals surface area contributed by atoms with Crippen LogP contribution in [0.2, 0.25) is 0 Å². The summed E-state index contributed by atoms with van der Waals surface area (Å²) >= 11 is 1.82. The molecule has 1 aromatic heterocycles. The minimum atomic E-state index is 1.19. The van der Waals surface area contributed by atoms with Gasteiger partial charge in [-0.3, -0.25) is 0 Å². The summed E-state index contributed by atoms with van der Waals surface area (Å²) in [5, 5.41) is 1.25. The number of hydrogen-bond acceptors (Lipinski definition) is 2. The summed E-state index contributed by atoms with van der Waals surface area (Å²) in [5.74, 6) is 0. The van der Waals surface area contributed by atoms with E-state index >= 15 is 0 Å². The summed E-state index contributed by atoms with van der Waals surface area (Å²) in [6.45, 7) is 8.26. The standard InChI is InChI=1S/C18H17NS.C2H6/c1-14-8-11-17(12-9-14)19(16-6-4-3-5-7-16)18-13-10-15(2)20-18;1-2/h3-13H,1-2H3;1-2H3. The Hall–Kier alpha value is -2.06. The second-order valence-corrected chi connectivity index (χ2v) is 6.16. The van der Waals surface area contributed by atoms with Gasteiger partial charge < -0.3 is 4.90 Å². The average Bonchev–Trinajstić information content (AvgIpc) is 2.99. The van der Waals surface area contributed by atoms with Crippen molar-refractivity contribution in [3.05, 3.63) is 77.2 Å². The van der Waals surface area contributed by atoms with Crippen molar-refractivity contribution < 1.29 is 0 Å². The number of aryl methyl sites for hydroxylation is 2. The molecule has 1 nitrogen and oxygen atoms in total. The fraction of sp³-hybridized carbons (Fsp3) is 0.200. The topological polar surface area (TPSA) is 3.24 Å². The van der Waals surface area contributed by atoms with Crippen molar-refractivity contribution in [1.82, 2.24) is 0 Å². The van der Waals surface area contributed by atoms with Crippen molar-refractivity contribution in [1.29, 1.82) is 0 Å². The molecule has 0 spiro atoms. The molecule has 2 aromatic carbocycles. The summed E-state index contributed by atoms with van der Waals surface area (Å²) in [6, 6.07) is 23.5. The maximum Gasteiger partial charge on any atom is 0.100 e. The van der Waals surface area contributed by atoms with Gasteiger partial charge in [-0.15, -0.1) is 11.3 Å². The van der Waals surface area contributed by atoms with Crippen LogP contribution < -0.4 is 4.90 Å². The Morgan fingerprint density at radius 1 is 0.682 bits per heavy atom. The number of rotatable bonds is 3. The first kappa shape index (κ1) is 16.3. The Morgan fingerprint density at radius 3 is 1.82 bits per heavy atom. The van der Waals surface area contributed by atoms with E-state index in [2.05, 4.69) is 85.5 Å². The lowest BCUT2D eigenvalue weighted by Crippen LogP contribution is -2.07. The highest BCUT2D eigenvalue weighted by molar-refractivity contribution is 7.16. The molecule has 0 fully saturated rings. The van der Waals surface area contributed by atoms with Crippen molar-refractivity contribution in [2.45, 2.75) is 27.7 Å². The smallest absolute Gasteiger partial charge is 0.100 e. The predicted molar refractivity (Wildman–Crippen MR) is 99.8 cm³/mol. The van der Waals surface area contributed by atoms with Gasteiger partial charge in [0.25, 0.3) is 0 Å². The molecule has 0 amide bonds. The second kappa shape index (κ2) is 7.81. The van der Waals surface area contributed by atoms with Gasteiger partial charge in [0.1, 0.15) is 5.00 Å². The molecule has 0 unspecified atom stereocenters. The Bertz CT molecular complexity index is 683. The summed E-state index contributed by atoms with van der Waals surface area (Å²) in [7, 11) is 0. The van der Waals surface area contributed by atoms with E-state index in [4.69, 9.17) is 0 Å². The van der Waals surface area contributed by atoms with E-state index in [1.54, 1.807) is 0 Å². The van der Waals surface area contributed by atoms with E-state index in [9.17, 15) is 0 Å². The maximum atomic E-state index is 2.30. The number of benzene rings is 2. The molecule has 0 aliphatic rings. The highest BCUT2D eigenvalue weighted by atomic mass is 32.1. The van der Waals surface area contributed by atoms with Gasteiger partial charge in [0.05, 0.1) is 0 Å². The summed E-state index contributed by atoms with van der Waals surface area (Å²) in [4.78, 5) is 3.63. The third-order valence-corrected chi connectivity index (χ3v) is 4.24. The highest BCUT2D eigenvalue weighted by Crippen LogP contribution is 2.38. The Kier molecular flexibility index (Phi) is 5.79. The van der Waals surface area contributed by atoms with Crippen LogP contribution in [-0.4, -0.2) is 0 Å². The molecule has 0 radical (unpaired) electrons. The van der Waals surface area contributed by atoms with Crippen molar-refractivity contribution in [2.75, 3.05) is 4.90 Å². The minimum Gasteiger partial charge on any atom is -0.302 e. The summed E-state index contributed by atoms with van der Waals surface area (Å²) < 4.78 is 0. The molecular formula is C20H23NS. The number of thiophene rings is 1. The van der Waals surface area contributed by atoms with E-state index < -0.39 is 0 Å². The fourth-order valence-corrected chi connectivity index (χ4v) is 3.12. The first-order valence-corrected chi connectivity index (χ1v) is 8.54. The third-order valence-electron chi connectivity index (χ3n) is 3.25. The second-order valence-electron chi connectivity index (χ2n) is 4.89. The number of anilines is 3. The van der Waals surface area contributed by atoms with Crippen molar-refractivity contribution in [3.8, 4) is 0 Å². The summed E-state index contributed by atoms with van der Waals surface area (Å²) in [5.41, 5.74) is 3.67. The van der Waals surface area contributed by atoms with Gasteiger partial charge in [0.15, 0.2) is 0 Å². The molecule has 0 bridgehead atoms. The van der Waals surface area contributed by atoms with E-state index in [-0.39, 0.29) is 0 Å². The van der Waals surface area contributed by atoms with Crippen LogP contribution in [0.3, 0.4) is 0 Å². The van der Waals surface area contributed by atoms with E-state index in [0.29, 0.717) is 0 Å². The molecule has 1 heterocycles. The largest absolute Gasteiger partial charge is 0.302 e. The normalized spacial score (nSPS) is 9.82. The molecule has 114 valence electrons. The van der Waals surface area contributed by atoms with Crippen LogP contribution in [0.25, 0.3) is 0 Å². The molecule has 22 heavy (non-hydrogen) atoms.